The van der Waals surface area contributed by atoms with E-state index in [0.717, 1.165) is 6.42 Å². The van der Waals surface area contributed by atoms with Crippen molar-refractivity contribution in [3.8, 4) is 0 Å². The molecule has 2 rings (SSSR count). The average molecular weight is 290 g/mol. The highest BCUT2D eigenvalue weighted by Gasteiger charge is 2.26. The molecule has 1 nitrogen and oxygen atoms in total. The fraction of sp³-hybridized carbons (Fsp3) is 0.571. The molecule has 1 aromatic rings. The van der Waals surface area contributed by atoms with Gasteiger partial charge in [0.15, 0.2) is 0 Å². The lowest BCUT2D eigenvalue weighted by Crippen LogP contribution is -2.33. The number of benzene rings is 1. The van der Waals surface area contributed by atoms with Gasteiger partial charge in [0.2, 0.25) is 0 Å². The van der Waals surface area contributed by atoms with E-state index in [-0.39, 0.29) is 0 Å². The molecule has 1 saturated carbocycles. The maximum absolute atomic E-state index is 13.1. The summed E-state index contributed by atoms with van der Waals surface area (Å²) in [5, 5.41) is 4.10. The van der Waals surface area contributed by atoms with Crippen LogP contribution in [-0.4, -0.2) is 6.04 Å². The van der Waals surface area contributed by atoms with Crippen LogP contribution in [0.1, 0.15) is 33.1 Å². The molecule has 0 saturated heterocycles. The molecular formula is C14H18Cl2FN. The van der Waals surface area contributed by atoms with Gasteiger partial charge in [0, 0.05) is 6.04 Å². The first-order valence-electron chi connectivity index (χ1n) is 6.38. The van der Waals surface area contributed by atoms with Crippen molar-refractivity contribution in [3.05, 3.63) is 28.0 Å². The molecule has 3 unspecified atom stereocenters. The molecule has 0 radical (unpaired) electrons. The SMILES string of the molecule is CC1CCC(C)C(Nc2c(Cl)cc(F)cc2Cl)C1. The summed E-state index contributed by atoms with van der Waals surface area (Å²) in [6.45, 7) is 4.49. The van der Waals surface area contributed by atoms with Crippen molar-refractivity contribution in [1.29, 1.82) is 0 Å². The lowest BCUT2D eigenvalue weighted by atomic mass is 9.80. The number of anilines is 1. The Morgan fingerprint density at radius 1 is 1.17 bits per heavy atom. The van der Waals surface area contributed by atoms with Crippen molar-refractivity contribution in [1.82, 2.24) is 0 Å². The van der Waals surface area contributed by atoms with E-state index in [4.69, 9.17) is 23.2 Å². The summed E-state index contributed by atoms with van der Waals surface area (Å²) in [6, 6.07) is 2.95. The lowest BCUT2D eigenvalue weighted by Gasteiger charge is -2.34. The van der Waals surface area contributed by atoms with Gasteiger partial charge >= 0.3 is 0 Å². The van der Waals surface area contributed by atoms with Crippen molar-refractivity contribution >= 4 is 28.9 Å². The van der Waals surface area contributed by atoms with Crippen molar-refractivity contribution in [3.63, 3.8) is 0 Å². The molecule has 0 amide bonds. The smallest absolute Gasteiger partial charge is 0.126 e. The molecule has 0 aromatic heterocycles. The second-order valence-electron chi connectivity index (χ2n) is 5.39. The second kappa shape index (κ2) is 5.66. The average Bonchev–Trinajstić information content (AvgIpc) is 2.28. The molecule has 0 bridgehead atoms. The molecular weight excluding hydrogens is 272 g/mol. The van der Waals surface area contributed by atoms with Crippen molar-refractivity contribution in [2.24, 2.45) is 11.8 Å². The van der Waals surface area contributed by atoms with Gasteiger partial charge < -0.3 is 5.32 Å². The summed E-state index contributed by atoms with van der Waals surface area (Å²) in [5.41, 5.74) is 0.658. The summed E-state index contributed by atoms with van der Waals surface area (Å²) >= 11 is 12.1. The zero-order valence-corrected chi connectivity index (χ0v) is 12.2. The Bertz CT molecular complexity index is 413. The fourth-order valence-electron chi connectivity index (χ4n) is 2.60. The second-order valence-corrected chi connectivity index (χ2v) is 6.21. The normalized spacial score (nSPS) is 28.2. The van der Waals surface area contributed by atoms with E-state index in [1.807, 2.05) is 0 Å². The highest BCUT2D eigenvalue weighted by atomic mass is 35.5. The largest absolute Gasteiger partial charge is 0.380 e. The number of hydrogen-bond acceptors (Lipinski definition) is 1. The third kappa shape index (κ3) is 3.10. The first-order chi connectivity index (χ1) is 8.47. The Labute approximate surface area is 118 Å². The molecule has 3 atom stereocenters. The molecule has 1 aliphatic rings. The van der Waals surface area contributed by atoms with Gasteiger partial charge in [-0.1, -0.05) is 43.5 Å². The Morgan fingerprint density at radius 2 is 1.78 bits per heavy atom. The van der Waals surface area contributed by atoms with Crippen LogP contribution in [0.3, 0.4) is 0 Å². The zero-order valence-electron chi connectivity index (χ0n) is 10.6. The highest BCUT2D eigenvalue weighted by Crippen LogP contribution is 2.36. The molecule has 18 heavy (non-hydrogen) atoms. The van der Waals surface area contributed by atoms with E-state index in [2.05, 4.69) is 19.2 Å². The molecule has 1 aliphatic carbocycles. The van der Waals surface area contributed by atoms with E-state index >= 15 is 0 Å². The molecule has 1 aromatic carbocycles. The quantitative estimate of drug-likeness (QED) is 0.772. The van der Waals surface area contributed by atoms with E-state index in [1.165, 1.54) is 25.0 Å². The monoisotopic (exact) mass is 289 g/mol. The van der Waals surface area contributed by atoms with E-state index in [9.17, 15) is 4.39 Å². The minimum Gasteiger partial charge on any atom is -0.380 e. The first-order valence-corrected chi connectivity index (χ1v) is 7.14. The van der Waals surface area contributed by atoms with Gasteiger partial charge in [-0.2, -0.15) is 0 Å². The van der Waals surface area contributed by atoms with Gasteiger partial charge in [-0.3, -0.25) is 0 Å². The number of nitrogens with one attached hydrogen (secondary N) is 1. The summed E-state index contributed by atoms with van der Waals surface area (Å²) in [5.74, 6) is 0.885. The number of rotatable bonds is 2. The van der Waals surface area contributed by atoms with Crippen LogP contribution in [0.5, 0.6) is 0 Å². The summed E-state index contributed by atoms with van der Waals surface area (Å²) in [6.07, 6.45) is 3.57. The Hall–Kier alpha value is -0.470. The van der Waals surface area contributed by atoms with Crippen LogP contribution in [0.15, 0.2) is 12.1 Å². The number of halogens is 3. The van der Waals surface area contributed by atoms with Crippen molar-refractivity contribution in [2.75, 3.05) is 5.32 Å². The highest BCUT2D eigenvalue weighted by molar-refractivity contribution is 6.39. The van der Waals surface area contributed by atoms with Crippen LogP contribution in [0.4, 0.5) is 10.1 Å². The summed E-state index contributed by atoms with van der Waals surface area (Å²) < 4.78 is 13.1. The van der Waals surface area contributed by atoms with E-state index in [1.54, 1.807) is 0 Å². The predicted octanol–water partition coefficient (Wildman–Crippen LogP) is 5.37. The minimum atomic E-state index is -0.402. The van der Waals surface area contributed by atoms with Gasteiger partial charge in [-0.15, -0.1) is 0 Å². The molecule has 0 spiro atoms. The lowest BCUT2D eigenvalue weighted by molar-refractivity contribution is 0.281. The standard InChI is InChI=1S/C14H18Cl2FN/c1-8-3-4-9(2)13(5-8)18-14-11(15)6-10(17)7-12(14)16/h6-9,13,18H,3-5H2,1-2H3. The Balaban J connectivity index is 2.18. The van der Waals surface area contributed by atoms with Crippen LogP contribution in [0, 0.1) is 17.7 Å². The third-order valence-corrected chi connectivity index (χ3v) is 4.39. The molecule has 1 fully saturated rings. The van der Waals surface area contributed by atoms with Crippen molar-refractivity contribution < 1.29 is 4.39 Å². The van der Waals surface area contributed by atoms with Gasteiger partial charge in [-0.05, 0) is 36.8 Å². The van der Waals surface area contributed by atoms with Crippen molar-refractivity contribution in [2.45, 2.75) is 39.2 Å². The summed E-state index contributed by atoms with van der Waals surface area (Å²) in [7, 11) is 0. The maximum atomic E-state index is 13.1. The molecule has 1 N–H and O–H groups in total. The Morgan fingerprint density at radius 3 is 2.39 bits per heavy atom. The zero-order chi connectivity index (χ0) is 13.3. The van der Waals surface area contributed by atoms with Crippen LogP contribution >= 0.6 is 23.2 Å². The first kappa shape index (κ1) is 14.0. The molecule has 0 heterocycles. The van der Waals surface area contributed by atoms with Crippen LogP contribution in [0.2, 0.25) is 10.0 Å². The molecule has 4 heteroatoms. The Kier molecular flexibility index (Phi) is 4.39. The van der Waals surface area contributed by atoms with Crippen LogP contribution in [0.25, 0.3) is 0 Å². The van der Waals surface area contributed by atoms with Crippen LogP contribution in [-0.2, 0) is 0 Å². The molecule has 100 valence electrons. The molecule has 0 aliphatic heterocycles. The summed E-state index contributed by atoms with van der Waals surface area (Å²) in [4.78, 5) is 0. The van der Waals surface area contributed by atoms with Crippen LogP contribution < -0.4 is 5.32 Å². The minimum absolute atomic E-state index is 0.352. The topological polar surface area (TPSA) is 12.0 Å². The van der Waals surface area contributed by atoms with Gasteiger partial charge in [0.25, 0.3) is 0 Å². The fourth-order valence-corrected chi connectivity index (χ4v) is 3.17. The van der Waals surface area contributed by atoms with Gasteiger partial charge in [0.1, 0.15) is 5.82 Å². The predicted molar refractivity (Wildman–Crippen MR) is 76.0 cm³/mol. The third-order valence-electron chi connectivity index (χ3n) is 3.79. The van der Waals surface area contributed by atoms with E-state index < -0.39 is 5.82 Å². The number of hydrogen-bond donors (Lipinski definition) is 1. The van der Waals surface area contributed by atoms with E-state index in [0.29, 0.717) is 33.6 Å². The van der Waals surface area contributed by atoms with Gasteiger partial charge in [-0.25, -0.2) is 4.39 Å². The maximum Gasteiger partial charge on any atom is 0.126 e. The van der Waals surface area contributed by atoms with Gasteiger partial charge in [0.05, 0.1) is 15.7 Å².